The number of Topliss-reactive ketones (excluding diaryl/α,β-unsaturated/α-hetero) is 1. The zero-order valence-corrected chi connectivity index (χ0v) is 10.2. The van der Waals surface area contributed by atoms with Crippen LogP contribution in [0.25, 0.3) is 0 Å². The summed E-state index contributed by atoms with van der Waals surface area (Å²) in [6.45, 7) is 0. The Morgan fingerprint density at radius 1 is 1.21 bits per heavy atom. The average molecular weight is 289 g/mol. The average Bonchev–Trinajstić information content (AvgIpc) is 2.78. The number of hydrogen-bond donors (Lipinski definition) is 0. The maximum absolute atomic E-state index is 12.7. The second-order valence-electron chi connectivity index (χ2n) is 3.74. The van der Waals surface area contributed by atoms with Gasteiger partial charge in [0, 0.05) is 23.1 Å². The second-order valence-corrected chi connectivity index (χ2v) is 4.85. The van der Waals surface area contributed by atoms with Crippen molar-refractivity contribution in [1.82, 2.24) is 4.98 Å². The van der Waals surface area contributed by atoms with E-state index in [1.165, 1.54) is 12.1 Å². The Morgan fingerprint density at radius 2 is 1.84 bits per heavy atom. The Morgan fingerprint density at radius 3 is 2.37 bits per heavy atom. The fraction of sp³-hybridized carbons (Fsp3) is 0.167. The van der Waals surface area contributed by atoms with Gasteiger partial charge in [-0.15, -0.1) is 11.3 Å². The minimum absolute atomic E-state index is 0.181. The van der Waals surface area contributed by atoms with Crippen LogP contribution in [0.15, 0.2) is 30.5 Å². The minimum atomic E-state index is -4.50. The number of nitrogens with zero attached hydrogens (tertiary/aromatic N) is 1. The van der Waals surface area contributed by atoms with Crippen LogP contribution in [0.5, 0.6) is 0 Å². The molecule has 0 unspecified atom stereocenters. The van der Waals surface area contributed by atoms with E-state index in [0.29, 0.717) is 11.3 Å². The summed E-state index contributed by atoms with van der Waals surface area (Å²) in [4.78, 5) is 15.2. The van der Waals surface area contributed by atoms with Crippen LogP contribution in [0.3, 0.4) is 0 Å². The Hall–Kier alpha value is -1.76. The quantitative estimate of drug-likeness (QED) is 0.636. The van der Waals surface area contributed by atoms with Gasteiger partial charge in [-0.2, -0.15) is 13.2 Å². The van der Waals surface area contributed by atoms with Gasteiger partial charge in [0.25, 0.3) is 0 Å². The number of rotatable bonds is 3. The molecule has 0 fully saturated rings. The fourth-order valence-corrected chi connectivity index (χ4v) is 2.19. The number of halogens is 4. The molecule has 0 saturated carbocycles. The molecule has 0 aliphatic rings. The molecule has 1 aromatic carbocycles. The number of hydrogen-bond acceptors (Lipinski definition) is 3. The Labute approximate surface area is 109 Å². The van der Waals surface area contributed by atoms with E-state index in [4.69, 9.17) is 0 Å². The van der Waals surface area contributed by atoms with Crippen molar-refractivity contribution in [3.63, 3.8) is 0 Å². The lowest BCUT2D eigenvalue weighted by atomic mass is 10.1. The maximum Gasteiger partial charge on any atom is 0.443 e. The Kier molecular flexibility index (Phi) is 3.66. The molecular weight excluding hydrogens is 282 g/mol. The largest absolute Gasteiger partial charge is 0.443 e. The Bertz CT molecular complexity index is 589. The lowest BCUT2D eigenvalue weighted by Crippen LogP contribution is -2.03. The highest BCUT2D eigenvalue weighted by Crippen LogP contribution is 2.32. The summed E-state index contributed by atoms with van der Waals surface area (Å²) in [7, 11) is 0. The first-order valence-electron chi connectivity index (χ1n) is 5.17. The van der Waals surface area contributed by atoms with Gasteiger partial charge < -0.3 is 0 Å². The van der Waals surface area contributed by atoms with Crippen molar-refractivity contribution in [1.29, 1.82) is 0 Å². The van der Waals surface area contributed by atoms with Crippen molar-refractivity contribution >= 4 is 17.1 Å². The van der Waals surface area contributed by atoms with E-state index in [0.717, 1.165) is 18.3 Å². The van der Waals surface area contributed by atoms with E-state index < -0.39 is 17.0 Å². The molecular formula is C12H7F4NOS. The lowest BCUT2D eigenvalue weighted by Gasteiger charge is -2.00. The molecule has 1 heterocycles. The summed E-state index contributed by atoms with van der Waals surface area (Å²) in [6.07, 6.45) is -3.64. The van der Waals surface area contributed by atoms with Crippen LogP contribution >= 0.6 is 11.3 Å². The molecule has 2 rings (SSSR count). The number of benzene rings is 1. The molecule has 0 aliphatic heterocycles. The molecule has 1 aromatic heterocycles. The molecule has 0 N–H and O–H groups in total. The molecule has 100 valence electrons. The van der Waals surface area contributed by atoms with Crippen molar-refractivity contribution in [3.05, 3.63) is 51.7 Å². The van der Waals surface area contributed by atoms with Crippen LogP contribution in [0, 0.1) is 5.82 Å². The number of thiazole rings is 1. The predicted molar refractivity (Wildman–Crippen MR) is 61.6 cm³/mol. The third-order valence-electron chi connectivity index (χ3n) is 2.30. The monoisotopic (exact) mass is 289 g/mol. The summed E-state index contributed by atoms with van der Waals surface area (Å²) in [5.74, 6) is -0.855. The number of ketones is 1. The number of carbonyl (C=O) groups excluding carboxylic acids is 1. The summed E-state index contributed by atoms with van der Waals surface area (Å²) in [5, 5.41) is -0.977. The second kappa shape index (κ2) is 5.08. The molecule has 0 saturated heterocycles. The van der Waals surface area contributed by atoms with Gasteiger partial charge in [-0.1, -0.05) is 0 Å². The van der Waals surface area contributed by atoms with Gasteiger partial charge in [0.2, 0.25) is 0 Å². The van der Waals surface area contributed by atoms with Gasteiger partial charge in [-0.3, -0.25) is 4.79 Å². The van der Waals surface area contributed by atoms with Crippen LogP contribution in [0.4, 0.5) is 17.6 Å². The fourth-order valence-electron chi connectivity index (χ4n) is 1.42. The lowest BCUT2D eigenvalue weighted by molar-refractivity contribution is -0.137. The standard InChI is InChI=1S/C12H7F4NOS/c13-8-3-1-7(2-4-8)10(18)5-9-6-17-11(19-9)12(14,15)16/h1-4,6H,5H2. The molecule has 0 bridgehead atoms. The van der Waals surface area contributed by atoms with Crippen LogP contribution in [0.2, 0.25) is 0 Å². The molecule has 2 aromatic rings. The van der Waals surface area contributed by atoms with Gasteiger partial charge in [-0.05, 0) is 24.3 Å². The third-order valence-corrected chi connectivity index (χ3v) is 3.34. The third kappa shape index (κ3) is 3.37. The highest BCUT2D eigenvalue weighted by molar-refractivity contribution is 7.11. The van der Waals surface area contributed by atoms with Crippen LogP contribution in [-0.2, 0) is 12.6 Å². The molecule has 0 atom stereocenters. The summed E-state index contributed by atoms with van der Waals surface area (Å²) >= 11 is 0.435. The molecule has 7 heteroatoms. The molecule has 0 radical (unpaired) electrons. The summed E-state index contributed by atoms with van der Waals surface area (Å²) in [6, 6.07) is 4.84. The maximum atomic E-state index is 12.7. The topological polar surface area (TPSA) is 30.0 Å². The van der Waals surface area contributed by atoms with Gasteiger partial charge >= 0.3 is 6.18 Å². The van der Waals surface area contributed by atoms with Crippen molar-refractivity contribution in [2.75, 3.05) is 0 Å². The van der Waals surface area contributed by atoms with Crippen molar-refractivity contribution in [3.8, 4) is 0 Å². The van der Waals surface area contributed by atoms with E-state index in [1.807, 2.05) is 0 Å². The SMILES string of the molecule is O=C(Cc1cnc(C(F)(F)F)s1)c1ccc(F)cc1. The van der Waals surface area contributed by atoms with Crippen molar-refractivity contribution in [2.24, 2.45) is 0 Å². The zero-order valence-electron chi connectivity index (χ0n) is 9.37. The molecule has 19 heavy (non-hydrogen) atoms. The number of alkyl halides is 3. The Balaban J connectivity index is 2.11. The smallest absolute Gasteiger partial charge is 0.294 e. The molecule has 2 nitrogen and oxygen atoms in total. The zero-order chi connectivity index (χ0) is 14.0. The molecule has 0 spiro atoms. The van der Waals surface area contributed by atoms with Crippen molar-refractivity contribution < 1.29 is 22.4 Å². The summed E-state index contributed by atoms with van der Waals surface area (Å²) in [5.41, 5.74) is 0.253. The molecule has 0 aliphatic carbocycles. The van der Waals surface area contributed by atoms with Gasteiger partial charge in [-0.25, -0.2) is 9.37 Å². The normalized spacial score (nSPS) is 11.6. The first kappa shape index (κ1) is 13.7. The van der Waals surface area contributed by atoms with Crippen LogP contribution < -0.4 is 0 Å². The van der Waals surface area contributed by atoms with E-state index in [9.17, 15) is 22.4 Å². The highest BCUT2D eigenvalue weighted by atomic mass is 32.1. The van der Waals surface area contributed by atoms with Gasteiger partial charge in [0.15, 0.2) is 10.8 Å². The first-order chi connectivity index (χ1) is 8.86. The van der Waals surface area contributed by atoms with Crippen molar-refractivity contribution in [2.45, 2.75) is 12.6 Å². The van der Waals surface area contributed by atoms with E-state index in [-0.39, 0.29) is 22.6 Å². The molecule has 0 amide bonds. The minimum Gasteiger partial charge on any atom is -0.294 e. The van der Waals surface area contributed by atoms with Gasteiger partial charge in [0.1, 0.15) is 5.82 Å². The van der Waals surface area contributed by atoms with Crippen LogP contribution in [0.1, 0.15) is 20.2 Å². The first-order valence-corrected chi connectivity index (χ1v) is 5.98. The predicted octanol–water partition coefficient (Wildman–Crippen LogP) is 3.73. The van der Waals surface area contributed by atoms with E-state index in [1.54, 1.807) is 0 Å². The van der Waals surface area contributed by atoms with E-state index >= 15 is 0 Å². The number of carbonyl (C=O) groups is 1. The van der Waals surface area contributed by atoms with E-state index in [2.05, 4.69) is 4.98 Å². The highest BCUT2D eigenvalue weighted by Gasteiger charge is 2.34. The summed E-state index contributed by atoms with van der Waals surface area (Å²) < 4.78 is 49.6. The van der Waals surface area contributed by atoms with Crippen LogP contribution in [-0.4, -0.2) is 10.8 Å². The number of aromatic nitrogens is 1. The van der Waals surface area contributed by atoms with Gasteiger partial charge in [0.05, 0.1) is 0 Å².